The molecule has 31 heavy (non-hydrogen) atoms. The van der Waals surface area contributed by atoms with E-state index in [1.165, 1.54) is 16.7 Å². The fourth-order valence-electron chi connectivity index (χ4n) is 3.72. The molecule has 0 amide bonds. The zero-order valence-electron chi connectivity index (χ0n) is 17.4. The van der Waals surface area contributed by atoms with Gasteiger partial charge < -0.3 is 9.64 Å². The van der Waals surface area contributed by atoms with Gasteiger partial charge in [0, 0.05) is 38.6 Å². The van der Waals surface area contributed by atoms with Crippen LogP contribution in [0.5, 0.6) is 0 Å². The van der Waals surface area contributed by atoms with Crippen LogP contribution in [0.4, 0.5) is 5.95 Å². The normalized spacial score (nSPS) is 16.7. The molecular weight excluding hydrogens is 416 g/mol. The van der Waals surface area contributed by atoms with Crippen LogP contribution in [0.3, 0.4) is 0 Å². The number of hydrogen-bond acceptors (Lipinski definition) is 7. The van der Waals surface area contributed by atoms with Gasteiger partial charge in [-0.05, 0) is 36.2 Å². The van der Waals surface area contributed by atoms with Crippen LogP contribution in [-0.2, 0) is 14.8 Å². The summed E-state index contributed by atoms with van der Waals surface area (Å²) >= 11 is 0. The van der Waals surface area contributed by atoms with Gasteiger partial charge >= 0.3 is 5.97 Å². The van der Waals surface area contributed by atoms with E-state index in [4.69, 9.17) is 4.74 Å². The van der Waals surface area contributed by atoms with Gasteiger partial charge in [-0.15, -0.1) is 0 Å². The molecule has 0 spiro atoms. The van der Waals surface area contributed by atoms with Crippen LogP contribution in [-0.4, -0.2) is 61.4 Å². The van der Waals surface area contributed by atoms with Crippen molar-refractivity contribution in [2.75, 3.05) is 31.6 Å². The lowest BCUT2D eigenvalue weighted by molar-refractivity contribution is 0.0525. The average molecular weight is 441 g/mol. The minimum absolute atomic E-state index is 0.204. The predicted octanol–water partition coefficient (Wildman–Crippen LogP) is 2.71. The number of rotatable bonds is 6. The number of nitrogens with zero attached hydrogens (tertiary/aromatic N) is 4. The SMILES string of the molecule is CCOC(=O)c1cnc(N2CCC(N(C)S(=O)(=O)c3ccc4ccccc4c3)C2)nc1. The van der Waals surface area contributed by atoms with Crippen LogP contribution in [0.2, 0.25) is 0 Å². The zero-order valence-corrected chi connectivity index (χ0v) is 18.2. The number of sulfonamides is 1. The highest BCUT2D eigenvalue weighted by Gasteiger charge is 2.34. The van der Waals surface area contributed by atoms with E-state index in [-0.39, 0.29) is 23.1 Å². The third kappa shape index (κ3) is 4.24. The van der Waals surface area contributed by atoms with Crippen molar-refractivity contribution in [3.05, 3.63) is 60.4 Å². The zero-order chi connectivity index (χ0) is 22.0. The van der Waals surface area contributed by atoms with E-state index in [1.807, 2.05) is 35.2 Å². The molecule has 0 aliphatic carbocycles. The minimum atomic E-state index is -3.64. The van der Waals surface area contributed by atoms with E-state index in [1.54, 1.807) is 26.1 Å². The number of fused-ring (bicyclic) bond motifs is 1. The third-order valence-corrected chi connectivity index (χ3v) is 7.41. The van der Waals surface area contributed by atoms with Gasteiger partial charge in [-0.2, -0.15) is 4.31 Å². The quantitative estimate of drug-likeness (QED) is 0.544. The summed E-state index contributed by atoms with van der Waals surface area (Å²) in [5.41, 5.74) is 0.289. The standard InChI is InChI=1S/C22H24N4O4S/c1-3-30-21(27)18-13-23-22(24-14-18)26-11-10-19(15-26)25(2)31(28,29)20-9-8-16-6-4-5-7-17(16)12-20/h4-9,12-14,19H,3,10-11,15H2,1-2H3. The maximum Gasteiger partial charge on any atom is 0.341 e. The van der Waals surface area contributed by atoms with Gasteiger partial charge in [0.05, 0.1) is 17.1 Å². The molecule has 0 N–H and O–H groups in total. The second kappa shape index (κ2) is 8.60. The lowest BCUT2D eigenvalue weighted by Gasteiger charge is -2.24. The summed E-state index contributed by atoms with van der Waals surface area (Å²) in [5.74, 6) is 0.00149. The van der Waals surface area contributed by atoms with Crippen molar-refractivity contribution in [3.8, 4) is 0 Å². The smallest absolute Gasteiger partial charge is 0.341 e. The van der Waals surface area contributed by atoms with Gasteiger partial charge in [0.15, 0.2) is 0 Å². The van der Waals surface area contributed by atoms with E-state index in [9.17, 15) is 13.2 Å². The highest BCUT2D eigenvalue weighted by molar-refractivity contribution is 7.89. The van der Waals surface area contributed by atoms with Crippen molar-refractivity contribution in [1.29, 1.82) is 0 Å². The number of benzene rings is 2. The molecule has 1 aliphatic heterocycles. The molecule has 1 saturated heterocycles. The summed E-state index contributed by atoms with van der Waals surface area (Å²) in [4.78, 5) is 22.5. The first-order valence-electron chi connectivity index (χ1n) is 10.1. The summed E-state index contributed by atoms with van der Waals surface area (Å²) in [7, 11) is -2.02. The van der Waals surface area contributed by atoms with E-state index >= 15 is 0 Å². The summed E-state index contributed by atoms with van der Waals surface area (Å²) in [6, 6.07) is 12.7. The third-order valence-electron chi connectivity index (χ3n) is 5.51. The van der Waals surface area contributed by atoms with Crippen molar-refractivity contribution < 1.29 is 17.9 Å². The van der Waals surface area contributed by atoms with E-state index in [0.717, 1.165) is 10.8 Å². The van der Waals surface area contributed by atoms with Gasteiger partial charge in [0.25, 0.3) is 0 Å². The molecule has 162 valence electrons. The maximum absolute atomic E-state index is 13.2. The van der Waals surface area contributed by atoms with Crippen molar-refractivity contribution in [3.63, 3.8) is 0 Å². The number of carbonyl (C=O) groups is 1. The van der Waals surface area contributed by atoms with Gasteiger partial charge in [-0.1, -0.05) is 30.3 Å². The Morgan fingerprint density at radius 2 is 1.87 bits per heavy atom. The monoisotopic (exact) mass is 440 g/mol. The van der Waals surface area contributed by atoms with Crippen LogP contribution in [0, 0.1) is 0 Å². The van der Waals surface area contributed by atoms with Crippen molar-refractivity contribution in [2.45, 2.75) is 24.3 Å². The molecule has 1 unspecified atom stereocenters. The molecule has 0 bridgehead atoms. The Morgan fingerprint density at radius 3 is 2.58 bits per heavy atom. The van der Waals surface area contributed by atoms with Crippen LogP contribution in [0.25, 0.3) is 10.8 Å². The molecule has 1 aromatic heterocycles. The van der Waals surface area contributed by atoms with Gasteiger partial charge in [0.1, 0.15) is 0 Å². The van der Waals surface area contributed by atoms with Crippen LogP contribution in [0.1, 0.15) is 23.7 Å². The number of hydrogen-bond donors (Lipinski definition) is 0. The summed E-state index contributed by atoms with van der Waals surface area (Å²) in [6.07, 6.45) is 3.53. The number of esters is 1. The Hall–Kier alpha value is -3.04. The first kappa shape index (κ1) is 21.2. The second-order valence-corrected chi connectivity index (χ2v) is 9.41. The Labute approximate surface area is 181 Å². The Balaban J connectivity index is 1.48. The first-order chi connectivity index (χ1) is 14.9. The summed E-state index contributed by atoms with van der Waals surface area (Å²) in [6.45, 7) is 3.12. The first-order valence-corrected chi connectivity index (χ1v) is 11.5. The minimum Gasteiger partial charge on any atom is -0.462 e. The highest BCUT2D eigenvalue weighted by atomic mass is 32.2. The number of likely N-dealkylation sites (N-methyl/N-ethyl adjacent to an activating group) is 1. The molecule has 2 aromatic carbocycles. The number of aromatic nitrogens is 2. The van der Waals surface area contributed by atoms with E-state index in [0.29, 0.717) is 25.5 Å². The lowest BCUT2D eigenvalue weighted by Crippen LogP contribution is -2.39. The topological polar surface area (TPSA) is 92.7 Å². The van der Waals surface area contributed by atoms with Crippen molar-refractivity contribution >= 4 is 32.7 Å². The summed E-state index contributed by atoms with van der Waals surface area (Å²) < 4.78 is 32.8. The molecule has 9 heteroatoms. The Morgan fingerprint density at radius 1 is 1.16 bits per heavy atom. The fraction of sp³-hybridized carbons (Fsp3) is 0.318. The molecule has 0 saturated carbocycles. The van der Waals surface area contributed by atoms with E-state index < -0.39 is 16.0 Å². The fourth-order valence-corrected chi connectivity index (χ4v) is 5.13. The van der Waals surface area contributed by atoms with Gasteiger partial charge in [0.2, 0.25) is 16.0 Å². The van der Waals surface area contributed by atoms with Gasteiger partial charge in [-0.25, -0.2) is 23.2 Å². The van der Waals surface area contributed by atoms with Crippen LogP contribution < -0.4 is 4.90 Å². The molecule has 0 radical (unpaired) electrons. The molecule has 1 aliphatic rings. The van der Waals surface area contributed by atoms with Crippen LogP contribution in [0.15, 0.2) is 59.8 Å². The number of anilines is 1. The maximum atomic E-state index is 13.2. The number of carbonyl (C=O) groups excluding carboxylic acids is 1. The number of ether oxygens (including phenoxy) is 1. The summed E-state index contributed by atoms with van der Waals surface area (Å²) in [5, 5.41) is 1.89. The van der Waals surface area contributed by atoms with Crippen molar-refractivity contribution in [1.82, 2.24) is 14.3 Å². The molecule has 1 atom stereocenters. The Bertz CT molecular complexity index is 1200. The molecule has 3 aromatic rings. The van der Waals surface area contributed by atoms with Crippen molar-refractivity contribution in [2.24, 2.45) is 0 Å². The highest BCUT2D eigenvalue weighted by Crippen LogP contribution is 2.26. The molecule has 2 heterocycles. The van der Waals surface area contributed by atoms with Crippen LogP contribution >= 0.6 is 0 Å². The second-order valence-electron chi connectivity index (χ2n) is 7.41. The Kier molecular flexibility index (Phi) is 5.88. The molecule has 1 fully saturated rings. The molecule has 4 rings (SSSR count). The average Bonchev–Trinajstić information content (AvgIpc) is 3.28. The molecular formula is C22H24N4O4S. The van der Waals surface area contributed by atoms with E-state index in [2.05, 4.69) is 9.97 Å². The molecule has 8 nitrogen and oxygen atoms in total. The largest absolute Gasteiger partial charge is 0.462 e. The van der Waals surface area contributed by atoms with Gasteiger partial charge in [-0.3, -0.25) is 0 Å². The predicted molar refractivity (Wildman–Crippen MR) is 118 cm³/mol. The lowest BCUT2D eigenvalue weighted by atomic mass is 10.1.